The maximum absolute atomic E-state index is 13.1. The number of aromatic nitrogens is 2. The lowest BCUT2D eigenvalue weighted by atomic mass is 9.82. The van der Waals surface area contributed by atoms with E-state index in [2.05, 4.69) is 14.9 Å². The van der Waals surface area contributed by atoms with Gasteiger partial charge in [0.05, 0.1) is 17.2 Å². The molecule has 1 saturated carbocycles. The van der Waals surface area contributed by atoms with Crippen LogP contribution in [0.4, 0.5) is 8.78 Å². The van der Waals surface area contributed by atoms with E-state index in [1.165, 1.54) is 11.3 Å². The molecule has 0 amide bonds. The third kappa shape index (κ3) is 3.33. The number of sulfonamides is 1. The standard InChI is InChI=1S/C12H13F2N3O3S2/c13-12(14)4-3-8(12)7-22(18,19)15-6-10-16-11(20-17-10)9-2-1-5-21-9/h1-2,5,8,15H,3-4,6-7H2. The molecule has 1 aliphatic carbocycles. The lowest BCUT2D eigenvalue weighted by molar-refractivity contribution is -0.122. The van der Waals surface area contributed by atoms with E-state index in [4.69, 9.17) is 4.52 Å². The van der Waals surface area contributed by atoms with Crippen LogP contribution in [0.15, 0.2) is 22.0 Å². The Morgan fingerprint density at radius 2 is 2.32 bits per heavy atom. The van der Waals surface area contributed by atoms with E-state index in [0.717, 1.165) is 4.88 Å². The Morgan fingerprint density at radius 3 is 2.91 bits per heavy atom. The van der Waals surface area contributed by atoms with Crippen molar-refractivity contribution in [2.24, 2.45) is 5.92 Å². The lowest BCUT2D eigenvalue weighted by Gasteiger charge is -2.35. The summed E-state index contributed by atoms with van der Waals surface area (Å²) in [5.41, 5.74) is 0. The van der Waals surface area contributed by atoms with E-state index >= 15 is 0 Å². The van der Waals surface area contributed by atoms with Crippen LogP contribution in [0.25, 0.3) is 10.8 Å². The summed E-state index contributed by atoms with van der Waals surface area (Å²) in [4.78, 5) is 4.83. The summed E-state index contributed by atoms with van der Waals surface area (Å²) < 4.78 is 57.1. The van der Waals surface area contributed by atoms with Crippen LogP contribution in [0.2, 0.25) is 0 Å². The molecule has 120 valence electrons. The molecule has 0 aliphatic heterocycles. The molecule has 0 radical (unpaired) electrons. The summed E-state index contributed by atoms with van der Waals surface area (Å²) in [7, 11) is -3.80. The molecule has 22 heavy (non-hydrogen) atoms. The summed E-state index contributed by atoms with van der Waals surface area (Å²) in [6.07, 6.45) is -0.0269. The van der Waals surface area contributed by atoms with E-state index in [-0.39, 0.29) is 25.2 Å². The van der Waals surface area contributed by atoms with Crippen molar-refractivity contribution in [1.29, 1.82) is 0 Å². The maximum atomic E-state index is 13.1. The van der Waals surface area contributed by atoms with Crippen molar-refractivity contribution in [1.82, 2.24) is 14.9 Å². The quantitative estimate of drug-likeness (QED) is 0.865. The average molecular weight is 349 g/mol. The highest BCUT2D eigenvalue weighted by Crippen LogP contribution is 2.43. The average Bonchev–Trinajstić information content (AvgIpc) is 3.12. The monoisotopic (exact) mass is 349 g/mol. The summed E-state index contributed by atoms with van der Waals surface area (Å²) in [5, 5.41) is 5.51. The van der Waals surface area contributed by atoms with Gasteiger partial charge in [0.15, 0.2) is 5.82 Å². The zero-order valence-corrected chi connectivity index (χ0v) is 13.0. The first kappa shape index (κ1) is 15.5. The summed E-state index contributed by atoms with van der Waals surface area (Å²) in [5.74, 6) is -4.12. The third-order valence-corrected chi connectivity index (χ3v) is 5.78. The van der Waals surface area contributed by atoms with Gasteiger partial charge >= 0.3 is 0 Å². The van der Waals surface area contributed by atoms with E-state index in [0.29, 0.717) is 5.89 Å². The Bertz CT molecular complexity index is 744. The third-order valence-electron chi connectivity index (χ3n) is 3.49. The zero-order valence-electron chi connectivity index (χ0n) is 11.3. The minimum atomic E-state index is -3.80. The molecule has 10 heteroatoms. The van der Waals surface area contributed by atoms with E-state index in [1.807, 2.05) is 11.4 Å². The summed E-state index contributed by atoms with van der Waals surface area (Å²) in [6, 6.07) is 3.62. The molecule has 1 unspecified atom stereocenters. The smallest absolute Gasteiger partial charge is 0.268 e. The van der Waals surface area contributed by atoms with E-state index < -0.39 is 27.6 Å². The van der Waals surface area contributed by atoms with Crippen molar-refractivity contribution >= 4 is 21.4 Å². The van der Waals surface area contributed by atoms with Crippen LogP contribution < -0.4 is 4.72 Å². The fourth-order valence-electron chi connectivity index (χ4n) is 2.10. The molecule has 0 aromatic carbocycles. The molecule has 3 rings (SSSR count). The molecule has 0 saturated heterocycles. The largest absolute Gasteiger partial charge is 0.333 e. The molecular formula is C12H13F2N3O3S2. The molecule has 0 spiro atoms. The fourth-order valence-corrected chi connectivity index (χ4v) is 4.15. The van der Waals surface area contributed by atoms with Gasteiger partial charge in [-0.3, -0.25) is 0 Å². The van der Waals surface area contributed by atoms with Crippen LogP contribution in [-0.4, -0.2) is 30.2 Å². The van der Waals surface area contributed by atoms with E-state index in [9.17, 15) is 17.2 Å². The lowest BCUT2D eigenvalue weighted by Crippen LogP contribution is -2.45. The minimum Gasteiger partial charge on any atom is -0.333 e. The number of nitrogens with zero attached hydrogens (tertiary/aromatic N) is 2. The van der Waals surface area contributed by atoms with Gasteiger partial charge in [-0.1, -0.05) is 11.2 Å². The van der Waals surface area contributed by atoms with Gasteiger partial charge in [-0.2, -0.15) is 4.98 Å². The molecule has 0 bridgehead atoms. The van der Waals surface area contributed by atoms with E-state index in [1.54, 1.807) is 6.07 Å². The second-order valence-corrected chi connectivity index (χ2v) is 7.89. The number of hydrogen-bond donors (Lipinski definition) is 1. The van der Waals surface area contributed by atoms with Crippen molar-refractivity contribution < 1.29 is 21.7 Å². The summed E-state index contributed by atoms with van der Waals surface area (Å²) in [6.45, 7) is -0.185. The molecule has 1 atom stereocenters. The van der Waals surface area contributed by atoms with Crippen molar-refractivity contribution in [2.45, 2.75) is 25.3 Å². The van der Waals surface area contributed by atoms with Crippen molar-refractivity contribution in [3.05, 3.63) is 23.3 Å². The highest BCUT2D eigenvalue weighted by atomic mass is 32.2. The normalized spacial score (nSPS) is 20.7. The Hall–Kier alpha value is -1.39. The van der Waals surface area contributed by atoms with Crippen LogP contribution in [0.5, 0.6) is 0 Å². The second kappa shape index (κ2) is 5.67. The van der Waals surface area contributed by atoms with Crippen LogP contribution in [0.3, 0.4) is 0 Å². The molecule has 1 aliphatic rings. The number of rotatable bonds is 6. The van der Waals surface area contributed by atoms with Gasteiger partial charge in [0, 0.05) is 12.3 Å². The zero-order chi connectivity index (χ0) is 15.8. The predicted molar refractivity (Wildman–Crippen MR) is 75.9 cm³/mol. The molecule has 1 fully saturated rings. The first-order valence-electron chi connectivity index (χ1n) is 6.57. The van der Waals surface area contributed by atoms with Gasteiger partial charge < -0.3 is 4.52 Å². The Labute approximate surface area is 129 Å². The van der Waals surface area contributed by atoms with Crippen LogP contribution in [0, 0.1) is 5.92 Å². The topological polar surface area (TPSA) is 85.1 Å². The molecule has 2 aromatic heterocycles. The minimum absolute atomic E-state index is 0.160. The Morgan fingerprint density at radius 1 is 1.50 bits per heavy atom. The number of alkyl halides is 2. The highest BCUT2D eigenvalue weighted by Gasteiger charge is 2.49. The van der Waals surface area contributed by atoms with Gasteiger partial charge in [-0.15, -0.1) is 11.3 Å². The Balaban J connectivity index is 1.58. The van der Waals surface area contributed by atoms with Crippen LogP contribution in [0.1, 0.15) is 18.7 Å². The second-order valence-electron chi connectivity index (χ2n) is 5.09. The first-order valence-corrected chi connectivity index (χ1v) is 9.10. The molecule has 1 N–H and O–H groups in total. The predicted octanol–water partition coefficient (Wildman–Crippen LogP) is 2.26. The van der Waals surface area contributed by atoms with Crippen LogP contribution in [-0.2, 0) is 16.6 Å². The van der Waals surface area contributed by atoms with Crippen molar-refractivity contribution in [3.63, 3.8) is 0 Å². The van der Waals surface area contributed by atoms with Gasteiger partial charge in [-0.05, 0) is 17.9 Å². The molecule has 6 nitrogen and oxygen atoms in total. The summed E-state index contributed by atoms with van der Waals surface area (Å²) >= 11 is 1.41. The molecular weight excluding hydrogens is 336 g/mol. The number of nitrogens with one attached hydrogen (secondary N) is 1. The maximum Gasteiger partial charge on any atom is 0.268 e. The molecule has 2 heterocycles. The van der Waals surface area contributed by atoms with Gasteiger partial charge in [0.25, 0.3) is 11.8 Å². The van der Waals surface area contributed by atoms with Gasteiger partial charge in [-0.25, -0.2) is 21.9 Å². The Kier molecular flexibility index (Phi) is 4.00. The fraction of sp³-hybridized carbons (Fsp3) is 0.500. The van der Waals surface area contributed by atoms with Crippen molar-refractivity contribution in [3.8, 4) is 10.8 Å². The van der Waals surface area contributed by atoms with Crippen molar-refractivity contribution in [2.75, 3.05) is 5.75 Å². The number of halogens is 2. The van der Waals surface area contributed by atoms with Gasteiger partial charge in [0.1, 0.15) is 0 Å². The SMILES string of the molecule is O=S(=O)(CC1CCC1(F)F)NCc1noc(-c2cccs2)n1. The first-order chi connectivity index (χ1) is 10.4. The van der Waals surface area contributed by atoms with Gasteiger partial charge in [0.2, 0.25) is 10.0 Å². The molecule has 2 aromatic rings. The number of hydrogen-bond acceptors (Lipinski definition) is 6. The number of thiophene rings is 1. The highest BCUT2D eigenvalue weighted by molar-refractivity contribution is 7.89. The van der Waals surface area contributed by atoms with Crippen LogP contribution >= 0.6 is 11.3 Å².